The second-order valence-corrected chi connectivity index (χ2v) is 4.82. The minimum atomic E-state index is 0.351. The summed E-state index contributed by atoms with van der Waals surface area (Å²) in [6.07, 6.45) is 3.36. The third-order valence-corrected chi connectivity index (χ3v) is 3.44. The molecular weight excluding hydrogens is 297 g/mol. The van der Waals surface area contributed by atoms with Crippen molar-refractivity contribution in [1.82, 2.24) is 15.0 Å². The number of pyridine rings is 1. The predicted octanol–water partition coefficient (Wildman–Crippen LogP) is 4.01. The molecule has 1 aromatic carbocycles. The Morgan fingerprint density at radius 3 is 2.65 bits per heavy atom. The van der Waals surface area contributed by atoms with Gasteiger partial charge in [-0.1, -0.05) is 23.2 Å². The van der Waals surface area contributed by atoms with Crippen molar-refractivity contribution < 1.29 is 4.74 Å². The van der Waals surface area contributed by atoms with Gasteiger partial charge in [0.05, 0.1) is 12.1 Å². The second kappa shape index (κ2) is 5.23. The predicted molar refractivity (Wildman–Crippen MR) is 79.3 cm³/mol. The summed E-state index contributed by atoms with van der Waals surface area (Å²) in [5.41, 5.74) is 1.36. The largest absolute Gasteiger partial charge is 0.493 e. The molecule has 0 bridgehead atoms. The lowest BCUT2D eigenvalue weighted by molar-refractivity contribution is 0.419. The summed E-state index contributed by atoms with van der Waals surface area (Å²) in [7, 11) is 1.54. The van der Waals surface area contributed by atoms with E-state index in [1.54, 1.807) is 31.6 Å². The zero-order valence-electron chi connectivity index (χ0n) is 10.5. The van der Waals surface area contributed by atoms with Crippen LogP contribution in [-0.4, -0.2) is 22.1 Å². The first-order chi connectivity index (χ1) is 9.70. The first kappa shape index (κ1) is 13.1. The molecule has 2 heterocycles. The van der Waals surface area contributed by atoms with E-state index in [1.165, 1.54) is 0 Å². The summed E-state index contributed by atoms with van der Waals surface area (Å²) in [4.78, 5) is 12.8. The van der Waals surface area contributed by atoms with Crippen LogP contribution in [0.4, 0.5) is 0 Å². The average Bonchev–Trinajstić information content (AvgIpc) is 2.48. The number of hydrogen-bond acceptors (Lipinski definition) is 4. The normalized spacial score (nSPS) is 10.8. The molecule has 0 radical (unpaired) electrons. The zero-order valence-corrected chi connectivity index (χ0v) is 12.0. The van der Waals surface area contributed by atoms with Crippen molar-refractivity contribution >= 4 is 34.1 Å². The van der Waals surface area contributed by atoms with Gasteiger partial charge in [-0.2, -0.15) is 0 Å². The molecule has 0 fully saturated rings. The van der Waals surface area contributed by atoms with Crippen LogP contribution in [0.15, 0.2) is 36.7 Å². The molecule has 4 nitrogen and oxygen atoms in total. The highest BCUT2D eigenvalue weighted by Gasteiger charge is 2.14. The number of halogens is 2. The van der Waals surface area contributed by atoms with Crippen molar-refractivity contribution in [3.05, 3.63) is 46.8 Å². The van der Waals surface area contributed by atoms with Gasteiger partial charge >= 0.3 is 0 Å². The number of nitrogens with zero attached hydrogens (tertiary/aromatic N) is 3. The van der Waals surface area contributed by atoms with Crippen molar-refractivity contribution in [3.63, 3.8) is 0 Å². The first-order valence-electron chi connectivity index (χ1n) is 5.81. The van der Waals surface area contributed by atoms with Crippen molar-refractivity contribution in [2.75, 3.05) is 7.11 Å². The van der Waals surface area contributed by atoms with Crippen LogP contribution in [0.2, 0.25) is 10.2 Å². The van der Waals surface area contributed by atoms with Gasteiger partial charge in [0, 0.05) is 23.3 Å². The molecule has 3 aromatic rings. The molecule has 0 saturated heterocycles. The average molecular weight is 306 g/mol. The lowest BCUT2D eigenvalue weighted by Gasteiger charge is -2.09. The molecule has 0 aliphatic rings. The summed E-state index contributed by atoms with van der Waals surface area (Å²) in [6.45, 7) is 0. The fourth-order valence-electron chi connectivity index (χ4n) is 1.93. The monoisotopic (exact) mass is 305 g/mol. The molecule has 0 saturated carbocycles. The third-order valence-electron chi connectivity index (χ3n) is 2.85. The van der Waals surface area contributed by atoms with Gasteiger partial charge in [-0.3, -0.25) is 4.98 Å². The molecule has 0 unspecified atom stereocenters. The topological polar surface area (TPSA) is 47.9 Å². The van der Waals surface area contributed by atoms with Gasteiger partial charge in [-0.25, -0.2) is 9.97 Å². The Balaban J connectivity index is 2.32. The molecule has 6 heteroatoms. The van der Waals surface area contributed by atoms with Gasteiger partial charge in [0.2, 0.25) is 0 Å². The minimum Gasteiger partial charge on any atom is -0.493 e. The lowest BCUT2D eigenvalue weighted by Crippen LogP contribution is -1.95. The quantitative estimate of drug-likeness (QED) is 0.671. The van der Waals surface area contributed by atoms with Crippen molar-refractivity contribution in [2.45, 2.75) is 0 Å². The Morgan fingerprint density at radius 1 is 1.10 bits per heavy atom. The van der Waals surface area contributed by atoms with Crippen LogP contribution in [0.1, 0.15) is 0 Å². The van der Waals surface area contributed by atoms with Crippen LogP contribution in [0, 0.1) is 0 Å². The van der Waals surface area contributed by atoms with Gasteiger partial charge in [-0.05, 0) is 24.3 Å². The van der Waals surface area contributed by atoms with E-state index in [1.807, 2.05) is 12.1 Å². The Bertz CT molecular complexity index is 778. The third kappa shape index (κ3) is 2.17. The SMILES string of the molecule is COc1c(Cl)ccc2c(Cl)nc(-c3cccnc3)nc12. The smallest absolute Gasteiger partial charge is 0.163 e. The van der Waals surface area contributed by atoms with E-state index in [9.17, 15) is 0 Å². The van der Waals surface area contributed by atoms with Crippen molar-refractivity contribution in [3.8, 4) is 17.1 Å². The van der Waals surface area contributed by atoms with E-state index in [0.29, 0.717) is 32.7 Å². The van der Waals surface area contributed by atoms with E-state index in [0.717, 1.165) is 5.56 Å². The Morgan fingerprint density at radius 2 is 1.95 bits per heavy atom. The zero-order chi connectivity index (χ0) is 14.1. The van der Waals surface area contributed by atoms with E-state index in [4.69, 9.17) is 27.9 Å². The second-order valence-electron chi connectivity index (χ2n) is 4.06. The molecule has 0 atom stereocenters. The Hall–Kier alpha value is -1.91. The van der Waals surface area contributed by atoms with Gasteiger partial charge in [0.15, 0.2) is 11.6 Å². The molecule has 0 spiro atoms. The van der Waals surface area contributed by atoms with Gasteiger partial charge < -0.3 is 4.74 Å². The van der Waals surface area contributed by atoms with Gasteiger partial charge in [-0.15, -0.1) is 0 Å². The van der Waals surface area contributed by atoms with Crippen LogP contribution in [0.5, 0.6) is 5.75 Å². The Labute approximate surface area is 125 Å². The maximum atomic E-state index is 6.22. The number of aromatic nitrogens is 3. The van der Waals surface area contributed by atoms with Crippen molar-refractivity contribution in [2.24, 2.45) is 0 Å². The standard InChI is InChI=1S/C14H9Cl2N3O/c1-20-12-10(15)5-4-9-11(12)18-14(19-13(9)16)8-3-2-6-17-7-8/h2-7H,1H3. The number of hydrogen-bond donors (Lipinski definition) is 0. The number of ether oxygens (including phenoxy) is 1. The summed E-state index contributed by atoms with van der Waals surface area (Å²) in [6, 6.07) is 7.16. The number of fused-ring (bicyclic) bond motifs is 1. The molecule has 2 aromatic heterocycles. The summed E-state index contributed by atoms with van der Waals surface area (Å²) in [5, 5.41) is 1.52. The van der Waals surface area contributed by atoms with Crippen LogP contribution in [-0.2, 0) is 0 Å². The fourth-order valence-corrected chi connectivity index (χ4v) is 2.39. The van der Waals surface area contributed by atoms with Gasteiger partial charge in [0.25, 0.3) is 0 Å². The Kier molecular flexibility index (Phi) is 3.42. The molecule has 100 valence electrons. The number of rotatable bonds is 2. The number of benzene rings is 1. The molecule has 0 aliphatic carbocycles. The maximum Gasteiger partial charge on any atom is 0.163 e. The molecular formula is C14H9Cl2N3O. The van der Waals surface area contributed by atoms with E-state index in [-0.39, 0.29) is 0 Å². The van der Waals surface area contributed by atoms with E-state index < -0.39 is 0 Å². The van der Waals surface area contributed by atoms with Gasteiger partial charge in [0.1, 0.15) is 10.7 Å². The van der Waals surface area contributed by atoms with Crippen LogP contribution < -0.4 is 4.74 Å². The van der Waals surface area contributed by atoms with Crippen molar-refractivity contribution in [1.29, 1.82) is 0 Å². The molecule has 0 amide bonds. The van der Waals surface area contributed by atoms with Crippen LogP contribution in [0.3, 0.4) is 0 Å². The molecule has 0 aliphatic heterocycles. The highest BCUT2D eigenvalue weighted by Crippen LogP contribution is 2.35. The molecule has 20 heavy (non-hydrogen) atoms. The maximum absolute atomic E-state index is 6.22. The van der Waals surface area contributed by atoms with E-state index in [2.05, 4.69) is 15.0 Å². The molecule has 0 N–H and O–H groups in total. The summed E-state index contributed by atoms with van der Waals surface area (Å²) < 4.78 is 5.31. The highest BCUT2D eigenvalue weighted by molar-refractivity contribution is 6.36. The summed E-state index contributed by atoms with van der Waals surface area (Å²) in [5.74, 6) is 0.967. The van der Waals surface area contributed by atoms with E-state index >= 15 is 0 Å². The fraction of sp³-hybridized carbons (Fsp3) is 0.0714. The number of methoxy groups -OCH3 is 1. The highest BCUT2D eigenvalue weighted by atomic mass is 35.5. The van der Waals surface area contributed by atoms with Crippen LogP contribution >= 0.6 is 23.2 Å². The minimum absolute atomic E-state index is 0.351. The lowest BCUT2D eigenvalue weighted by atomic mass is 10.2. The summed E-state index contributed by atoms with van der Waals surface area (Å²) >= 11 is 12.3. The van der Waals surface area contributed by atoms with Crippen LogP contribution in [0.25, 0.3) is 22.3 Å². The molecule has 3 rings (SSSR count). The first-order valence-corrected chi connectivity index (χ1v) is 6.56.